The first kappa shape index (κ1) is 13.6. The molecule has 0 aromatic heterocycles. The zero-order chi connectivity index (χ0) is 13.1. The zero-order valence-corrected chi connectivity index (χ0v) is 10.5. The highest BCUT2D eigenvalue weighted by atomic mass is 19.1. The Morgan fingerprint density at radius 2 is 2.06 bits per heavy atom. The maximum atomic E-state index is 13.6. The summed E-state index contributed by atoms with van der Waals surface area (Å²) in [4.78, 5) is 11.4. The van der Waals surface area contributed by atoms with Gasteiger partial charge in [0.25, 0.3) is 0 Å². The molecule has 0 fully saturated rings. The summed E-state index contributed by atoms with van der Waals surface area (Å²) < 4.78 is 13.6. The number of carbonyl (C=O) groups is 1. The molecule has 0 saturated heterocycles. The van der Waals surface area contributed by atoms with E-state index in [1.165, 1.54) is 6.07 Å². The Morgan fingerprint density at radius 1 is 1.47 bits per heavy atom. The first-order valence-electron chi connectivity index (χ1n) is 5.63. The van der Waals surface area contributed by atoms with E-state index in [4.69, 9.17) is 5.73 Å². The molecule has 0 aliphatic rings. The monoisotopic (exact) mass is 238 g/mol. The second-order valence-corrected chi connectivity index (χ2v) is 4.87. The maximum Gasteiger partial charge on any atom is 0.236 e. The van der Waals surface area contributed by atoms with E-state index in [0.717, 1.165) is 0 Å². The second kappa shape index (κ2) is 5.27. The lowest BCUT2D eigenvalue weighted by Gasteiger charge is -2.26. The quantitative estimate of drug-likeness (QED) is 0.836. The SMILES string of the molecule is CC(N)C(=O)NCC(C)(C)c1ccccc1F. The first-order valence-corrected chi connectivity index (χ1v) is 5.63. The van der Waals surface area contributed by atoms with E-state index in [1.54, 1.807) is 25.1 Å². The Labute approximate surface area is 101 Å². The van der Waals surface area contributed by atoms with Gasteiger partial charge in [-0.25, -0.2) is 4.39 Å². The van der Waals surface area contributed by atoms with E-state index >= 15 is 0 Å². The Balaban J connectivity index is 2.76. The molecule has 1 rings (SSSR count). The normalized spacial score (nSPS) is 13.2. The van der Waals surface area contributed by atoms with Gasteiger partial charge in [-0.1, -0.05) is 32.0 Å². The van der Waals surface area contributed by atoms with Crippen molar-refractivity contribution in [2.45, 2.75) is 32.2 Å². The Kier molecular flexibility index (Phi) is 4.23. The van der Waals surface area contributed by atoms with Gasteiger partial charge in [-0.15, -0.1) is 0 Å². The number of nitrogens with two attached hydrogens (primary N) is 1. The van der Waals surface area contributed by atoms with Crippen molar-refractivity contribution in [1.29, 1.82) is 0 Å². The number of hydrogen-bond acceptors (Lipinski definition) is 2. The van der Waals surface area contributed by atoms with Crippen LogP contribution in [-0.4, -0.2) is 18.5 Å². The number of carbonyl (C=O) groups excluding carboxylic acids is 1. The molecule has 0 aliphatic carbocycles. The van der Waals surface area contributed by atoms with Gasteiger partial charge in [0.1, 0.15) is 5.82 Å². The van der Waals surface area contributed by atoms with Crippen LogP contribution in [0.3, 0.4) is 0 Å². The summed E-state index contributed by atoms with van der Waals surface area (Å²) in [6, 6.07) is 6.03. The molecule has 1 unspecified atom stereocenters. The number of halogens is 1. The van der Waals surface area contributed by atoms with Gasteiger partial charge >= 0.3 is 0 Å². The molecular formula is C13H19FN2O. The molecule has 3 nitrogen and oxygen atoms in total. The van der Waals surface area contributed by atoms with Crippen LogP contribution < -0.4 is 11.1 Å². The highest BCUT2D eigenvalue weighted by molar-refractivity contribution is 5.81. The fraction of sp³-hybridized carbons (Fsp3) is 0.462. The lowest BCUT2D eigenvalue weighted by Crippen LogP contribution is -2.44. The van der Waals surface area contributed by atoms with Gasteiger partial charge in [0.05, 0.1) is 6.04 Å². The third-order valence-electron chi connectivity index (χ3n) is 2.72. The van der Waals surface area contributed by atoms with Gasteiger partial charge in [0.2, 0.25) is 5.91 Å². The Hall–Kier alpha value is -1.42. The smallest absolute Gasteiger partial charge is 0.236 e. The van der Waals surface area contributed by atoms with E-state index in [2.05, 4.69) is 5.32 Å². The summed E-state index contributed by atoms with van der Waals surface area (Å²) in [5, 5.41) is 2.72. The number of benzene rings is 1. The number of nitrogens with one attached hydrogen (secondary N) is 1. The summed E-state index contributed by atoms with van der Waals surface area (Å²) in [5.74, 6) is -0.484. The van der Waals surface area contributed by atoms with Gasteiger partial charge in [0.15, 0.2) is 0 Å². The molecule has 0 saturated carbocycles. The van der Waals surface area contributed by atoms with Crippen molar-refractivity contribution in [3.8, 4) is 0 Å². The first-order chi connectivity index (χ1) is 7.84. The van der Waals surface area contributed by atoms with Crippen molar-refractivity contribution in [3.63, 3.8) is 0 Å². The molecule has 1 amide bonds. The minimum atomic E-state index is -0.550. The summed E-state index contributed by atoms with van der Waals surface area (Å²) in [6.45, 7) is 5.74. The number of hydrogen-bond donors (Lipinski definition) is 2. The van der Waals surface area contributed by atoms with Gasteiger partial charge < -0.3 is 11.1 Å². The second-order valence-electron chi connectivity index (χ2n) is 4.87. The van der Waals surface area contributed by atoms with Crippen molar-refractivity contribution in [2.75, 3.05) is 6.54 Å². The van der Waals surface area contributed by atoms with Crippen molar-refractivity contribution in [3.05, 3.63) is 35.6 Å². The molecular weight excluding hydrogens is 219 g/mol. The highest BCUT2D eigenvalue weighted by Gasteiger charge is 2.24. The predicted octanol–water partition coefficient (Wildman–Crippen LogP) is 1.57. The van der Waals surface area contributed by atoms with Crippen LogP contribution in [0.2, 0.25) is 0 Å². The van der Waals surface area contributed by atoms with Crippen LogP contribution in [0.25, 0.3) is 0 Å². The Morgan fingerprint density at radius 3 is 2.59 bits per heavy atom. The highest BCUT2D eigenvalue weighted by Crippen LogP contribution is 2.24. The van der Waals surface area contributed by atoms with Gasteiger partial charge in [-0.05, 0) is 18.6 Å². The molecule has 1 aromatic carbocycles. The van der Waals surface area contributed by atoms with Gasteiger partial charge in [-0.2, -0.15) is 0 Å². The van der Waals surface area contributed by atoms with E-state index in [9.17, 15) is 9.18 Å². The van der Waals surface area contributed by atoms with Crippen molar-refractivity contribution < 1.29 is 9.18 Å². The topological polar surface area (TPSA) is 55.1 Å². The van der Waals surface area contributed by atoms with Crippen LogP contribution >= 0.6 is 0 Å². The fourth-order valence-electron chi connectivity index (χ4n) is 1.57. The van der Waals surface area contributed by atoms with Crippen LogP contribution in [0.1, 0.15) is 26.3 Å². The molecule has 1 aromatic rings. The molecule has 94 valence electrons. The molecule has 0 aliphatic heterocycles. The van der Waals surface area contributed by atoms with Crippen LogP contribution in [0.15, 0.2) is 24.3 Å². The summed E-state index contributed by atoms with van der Waals surface area (Å²) >= 11 is 0. The molecule has 17 heavy (non-hydrogen) atoms. The van der Waals surface area contributed by atoms with Crippen LogP contribution in [-0.2, 0) is 10.2 Å². The molecule has 0 bridgehead atoms. The van der Waals surface area contributed by atoms with E-state index < -0.39 is 11.5 Å². The molecule has 0 radical (unpaired) electrons. The predicted molar refractivity (Wildman–Crippen MR) is 66.1 cm³/mol. The molecule has 4 heteroatoms. The van der Waals surface area contributed by atoms with E-state index in [-0.39, 0.29) is 11.7 Å². The summed E-state index contributed by atoms with van der Waals surface area (Å²) in [5.41, 5.74) is 5.57. The standard InChI is InChI=1S/C13H19FN2O/c1-9(15)12(17)16-8-13(2,3)10-6-4-5-7-11(10)14/h4-7,9H,8,15H2,1-3H3,(H,16,17). The average molecular weight is 238 g/mol. The van der Waals surface area contributed by atoms with E-state index in [1.807, 2.05) is 13.8 Å². The van der Waals surface area contributed by atoms with Crippen molar-refractivity contribution >= 4 is 5.91 Å². The van der Waals surface area contributed by atoms with Crippen LogP contribution in [0.5, 0.6) is 0 Å². The minimum absolute atomic E-state index is 0.227. The molecule has 3 N–H and O–H groups in total. The lowest BCUT2D eigenvalue weighted by atomic mass is 9.84. The summed E-state index contributed by atoms with van der Waals surface area (Å²) in [6.07, 6.45) is 0. The molecule has 0 spiro atoms. The summed E-state index contributed by atoms with van der Waals surface area (Å²) in [7, 11) is 0. The van der Waals surface area contributed by atoms with E-state index in [0.29, 0.717) is 12.1 Å². The van der Waals surface area contributed by atoms with Crippen molar-refractivity contribution in [1.82, 2.24) is 5.32 Å². The van der Waals surface area contributed by atoms with Crippen LogP contribution in [0, 0.1) is 5.82 Å². The average Bonchev–Trinajstić information content (AvgIpc) is 2.26. The number of amides is 1. The van der Waals surface area contributed by atoms with Crippen LogP contribution in [0.4, 0.5) is 4.39 Å². The third-order valence-corrected chi connectivity index (χ3v) is 2.72. The third kappa shape index (κ3) is 3.53. The largest absolute Gasteiger partial charge is 0.354 e. The fourth-order valence-corrected chi connectivity index (χ4v) is 1.57. The number of rotatable bonds is 4. The molecule has 1 atom stereocenters. The molecule has 0 heterocycles. The minimum Gasteiger partial charge on any atom is -0.354 e. The Bertz CT molecular complexity index is 402. The van der Waals surface area contributed by atoms with Gasteiger partial charge in [-0.3, -0.25) is 4.79 Å². The maximum absolute atomic E-state index is 13.6. The zero-order valence-electron chi connectivity index (χ0n) is 10.5. The lowest BCUT2D eigenvalue weighted by molar-refractivity contribution is -0.122. The van der Waals surface area contributed by atoms with Crippen molar-refractivity contribution in [2.24, 2.45) is 5.73 Å². The van der Waals surface area contributed by atoms with Gasteiger partial charge in [0, 0.05) is 12.0 Å².